The maximum absolute atomic E-state index is 2.67. The fourth-order valence-electron chi connectivity index (χ4n) is 2.40. The molecule has 2 atom stereocenters. The lowest BCUT2D eigenvalue weighted by molar-refractivity contribution is 0.291. The van der Waals surface area contributed by atoms with E-state index in [0.717, 1.165) is 17.8 Å². The summed E-state index contributed by atoms with van der Waals surface area (Å²) < 4.78 is 0. The van der Waals surface area contributed by atoms with Gasteiger partial charge in [-0.3, -0.25) is 0 Å². The van der Waals surface area contributed by atoms with E-state index in [0.29, 0.717) is 0 Å². The van der Waals surface area contributed by atoms with E-state index < -0.39 is 0 Å². The Bertz CT molecular complexity index is 143. The first-order valence-corrected chi connectivity index (χ1v) is 5.48. The molecular formula is C11H21N. The van der Waals surface area contributed by atoms with Crippen molar-refractivity contribution < 1.29 is 0 Å². The summed E-state index contributed by atoms with van der Waals surface area (Å²) in [6.07, 6.45) is 4.36. The van der Waals surface area contributed by atoms with E-state index in [9.17, 15) is 0 Å². The monoisotopic (exact) mass is 167 g/mol. The van der Waals surface area contributed by atoms with Crippen molar-refractivity contribution in [1.29, 1.82) is 0 Å². The molecule has 2 rings (SSSR count). The van der Waals surface area contributed by atoms with Gasteiger partial charge in [0.15, 0.2) is 0 Å². The number of hydrogen-bond acceptors (Lipinski definition) is 1. The number of piperidine rings is 1. The van der Waals surface area contributed by atoms with Gasteiger partial charge in [0.1, 0.15) is 0 Å². The summed E-state index contributed by atoms with van der Waals surface area (Å²) in [7, 11) is 0. The van der Waals surface area contributed by atoms with Gasteiger partial charge in [-0.15, -0.1) is 0 Å². The van der Waals surface area contributed by atoms with Crippen molar-refractivity contribution in [3.8, 4) is 0 Å². The van der Waals surface area contributed by atoms with Crippen LogP contribution in [0, 0.1) is 17.8 Å². The minimum absolute atomic E-state index is 0.891. The molecule has 1 saturated heterocycles. The van der Waals surface area contributed by atoms with Crippen LogP contribution in [0.2, 0.25) is 0 Å². The summed E-state index contributed by atoms with van der Waals surface area (Å²) in [5.41, 5.74) is 0. The zero-order chi connectivity index (χ0) is 8.55. The number of likely N-dealkylation sites (tertiary alicyclic amines) is 1. The Balaban J connectivity index is 1.56. The normalized spacial score (nSPS) is 34.2. The highest BCUT2D eigenvalue weighted by Crippen LogP contribution is 2.44. The summed E-state index contributed by atoms with van der Waals surface area (Å²) in [6, 6.07) is 0. The van der Waals surface area contributed by atoms with Gasteiger partial charge in [-0.25, -0.2) is 0 Å². The molecule has 1 heterocycles. The Kier molecular flexibility index (Phi) is 2.40. The number of nitrogens with zero attached hydrogens (tertiary/aromatic N) is 1. The van der Waals surface area contributed by atoms with Crippen LogP contribution in [0.15, 0.2) is 0 Å². The summed E-state index contributed by atoms with van der Waals surface area (Å²) >= 11 is 0. The Morgan fingerprint density at radius 2 is 1.92 bits per heavy atom. The number of rotatable bonds is 4. The van der Waals surface area contributed by atoms with Gasteiger partial charge in [0.05, 0.1) is 0 Å². The lowest BCUT2D eigenvalue weighted by Crippen LogP contribution is -2.24. The smallest absolute Gasteiger partial charge is 0.00130 e. The Morgan fingerprint density at radius 3 is 2.50 bits per heavy atom. The minimum Gasteiger partial charge on any atom is -0.303 e. The van der Waals surface area contributed by atoms with Crippen LogP contribution in [0.4, 0.5) is 0 Å². The molecule has 1 nitrogen and oxygen atoms in total. The van der Waals surface area contributed by atoms with E-state index in [2.05, 4.69) is 18.7 Å². The molecule has 0 aromatic heterocycles. The van der Waals surface area contributed by atoms with E-state index in [4.69, 9.17) is 0 Å². The van der Waals surface area contributed by atoms with Crippen molar-refractivity contribution in [2.75, 3.05) is 19.6 Å². The van der Waals surface area contributed by atoms with Crippen LogP contribution in [0.1, 0.15) is 33.1 Å². The second-order valence-corrected chi connectivity index (χ2v) is 5.05. The minimum atomic E-state index is 0.891. The lowest BCUT2D eigenvalue weighted by atomic mass is 10.1. The van der Waals surface area contributed by atoms with E-state index >= 15 is 0 Å². The van der Waals surface area contributed by atoms with Gasteiger partial charge in [0.25, 0.3) is 0 Å². The van der Waals surface area contributed by atoms with Crippen molar-refractivity contribution in [2.24, 2.45) is 17.8 Å². The SMILES string of the molecule is CC(C)CCCN1CC2CC2C1. The van der Waals surface area contributed by atoms with E-state index in [1.807, 2.05) is 0 Å². The third kappa shape index (κ3) is 2.01. The molecule has 1 aliphatic heterocycles. The molecule has 0 bridgehead atoms. The van der Waals surface area contributed by atoms with Gasteiger partial charge < -0.3 is 4.90 Å². The van der Waals surface area contributed by atoms with Gasteiger partial charge in [-0.1, -0.05) is 13.8 Å². The lowest BCUT2D eigenvalue weighted by Gasteiger charge is -2.17. The molecule has 1 aliphatic carbocycles. The quantitative estimate of drug-likeness (QED) is 0.621. The average molecular weight is 167 g/mol. The predicted molar refractivity (Wildman–Crippen MR) is 52.1 cm³/mol. The Morgan fingerprint density at radius 1 is 1.25 bits per heavy atom. The first kappa shape index (κ1) is 8.55. The second-order valence-electron chi connectivity index (χ2n) is 5.05. The van der Waals surface area contributed by atoms with Gasteiger partial charge in [-0.05, 0) is 43.6 Å². The Labute approximate surface area is 76.1 Å². The van der Waals surface area contributed by atoms with Crippen LogP contribution in [0.25, 0.3) is 0 Å². The highest BCUT2D eigenvalue weighted by atomic mass is 15.2. The zero-order valence-corrected chi connectivity index (χ0v) is 8.42. The molecule has 70 valence electrons. The summed E-state index contributed by atoms with van der Waals surface area (Å²) in [4.78, 5) is 2.67. The molecule has 2 unspecified atom stereocenters. The maximum atomic E-state index is 2.67. The molecule has 0 amide bonds. The van der Waals surface area contributed by atoms with Crippen LogP contribution in [0.3, 0.4) is 0 Å². The fourth-order valence-corrected chi connectivity index (χ4v) is 2.40. The molecular weight excluding hydrogens is 146 g/mol. The molecule has 2 fully saturated rings. The largest absolute Gasteiger partial charge is 0.303 e. The molecule has 1 heteroatoms. The third-order valence-corrected chi connectivity index (χ3v) is 3.31. The predicted octanol–water partition coefficient (Wildman–Crippen LogP) is 2.37. The molecule has 2 aliphatic rings. The number of hydrogen-bond donors (Lipinski definition) is 0. The third-order valence-electron chi connectivity index (χ3n) is 3.31. The highest BCUT2D eigenvalue weighted by Gasteiger charge is 2.44. The highest BCUT2D eigenvalue weighted by molar-refractivity contribution is 4.96. The van der Waals surface area contributed by atoms with Crippen LogP contribution in [0.5, 0.6) is 0 Å². The van der Waals surface area contributed by atoms with E-state index in [-0.39, 0.29) is 0 Å². The van der Waals surface area contributed by atoms with Crippen molar-refractivity contribution in [2.45, 2.75) is 33.1 Å². The van der Waals surface area contributed by atoms with Crippen molar-refractivity contribution in [1.82, 2.24) is 4.90 Å². The molecule has 12 heavy (non-hydrogen) atoms. The first-order chi connectivity index (χ1) is 5.75. The average Bonchev–Trinajstić information content (AvgIpc) is 2.59. The van der Waals surface area contributed by atoms with Crippen molar-refractivity contribution >= 4 is 0 Å². The fraction of sp³-hybridized carbons (Fsp3) is 1.00. The van der Waals surface area contributed by atoms with Gasteiger partial charge >= 0.3 is 0 Å². The zero-order valence-electron chi connectivity index (χ0n) is 8.42. The Hall–Kier alpha value is -0.0400. The molecule has 0 aromatic rings. The van der Waals surface area contributed by atoms with Gasteiger partial charge in [0.2, 0.25) is 0 Å². The van der Waals surface area contributed by atoms with E-state index in [1.54, 1.807) is 6.42 Å². The molecule has 1 saturated carbocycles. The summed E-state index contributed by atoms with van der Waals surface area (Å²) in [5, 5.41) is 0. The molecule has 0 spiro atoms. The van der Waals surface area contributed by atoms with Crippen molar-refractivity contribution in [3.05, 3.63) is 0 Å². The van der Waals surface area contributed by atoms with Crippen LogP contribution >= 0.6 is 0 Å². The van der Waals surface area contributed by atoms with Crippen LogP contribution in [-0.2, 0) is 0 Å². The van der Waals surface area contributed by atoms with E-state index in [1.165, 1.54) is 32.5 Å². The van der Waals surface area contributed by atoms with Crippen LogP contribution < -0.4 is 0 Å². The van der Waals surface area contributed by atoms with Crippen LogP contribution in [-0.4, -0.2) is 24.5 Å². The maximum Gasteiger partial charge on any atom is 0.00130 e. The second kappa shape index (κ2) is 3.37. The summed E-state index contributed by atoms with van der Waals surface area (Å²) in [5.74, 6) is 3.12. The molecule has 0 N–H and O–H groups in total. The molecule has 0 radical (unpaired) electrons. The van der Waals surface area contributed by atoms with Gasteiger partial charge in [-0.2, -0.15) is 0 Å². The standard InChI is InChI=1S/C11H21N/c1-9(2)4-3-5-12-7-10-6-11(10)8-12/h9-11H,3-8H2,1-2H3. The van der Waals surface area contributed by atoms with Crippen molar-refractivity contribution in [3.63, 3.8) is 0 Å². The van der Waals surface area contributed by atoms with Gasteiger partial charge in [0, 0.05) is 13.1 Å². The first-order valence-electron chi connectivity index (χ1n) is 5.48. The molecule has 0 aromatic carbocycles. The number of fused-ring (bicyclic) bond motifs is 1. The summed E-state index contributed by atoms with van der Waals surface area (Å²) in [6.45, 7) is 8.85. The topological polar surface area (TPSA) is 3.24 Å².